The molecule has 3 aromatic rings. The Morgan fingerprint density at radius 2 is 1.88 bits per heavy atom. The Kier molecular flexibility index (Phi) is 6.90. The fourth-order valence-corrected chi connectivity index (χ4v) is 4.12. The third-order valence-electron chi connectivity index (χ3n) is 4.99. The topological polar surface area (TPSA) is 77.4 Å². The molecule has 32 heavy (non-hydrogen) atoms. The molecule has 0 saturated heterocycles. The van der Waals surface area contributed by atoms with Crippen LogP contribution in [0.3, 0.4) is 0 Å². The van der Waals surface area contributed by atoms with Gasteiger partial charge in [0.2, 0.25) is 23.2 Å². The first-order valence-corrected chi connectivity index (χ1v) is 11.8. The summed E-state index contributed by atoms with van der Waals surface area (Å²) in [4.78, 5) is 19.7. The summed E-state index contributed by atoms with van der Waals surface area (Å²) in [7, 11) is 0. The number of benzene rings is 2. The van der Waals surface area contributed by atoms with Crippen LogP contribution in [0, 0.1) is 0 Å². The summed E-state index contributed by atoms with van der Waals surface area (Å²) in [5, 5.41) is 9.23. The van der Waals surface area contributed by atoms with E-state index in [0.717, 1.165) is 34.7 Å². The lowest BCUT2D eigenvalue weighted by Crippen LogP contribution is -2.37. The average Bonchev–Trinajstić information content (AvgIpc) is 2.94. The van der Waals surface area contributed by atoms with Crippen LogP contribution in [0.15, 0.2) is 53.7 Å². The molecule has 8 heteroatoms. The minimum absolute atomic E-state index is 0.0252. The quantitative estimate of drug-likeness (QED) is 0.454. The summed E-state index contributed by atoms with van der Waals surface area (Å²) in [5.74, 6) is 1.93. The predicted octanol–water partition coefficient (Wildman–Crippen LogP) is 5.27. The fourth-order valence-electron chi connectivity index (χ4n) is 3.62. The summed E-state index contributed by atoms with van der Waals surface area (Å²) in [6, 6.07) is 15.3. The number of carbonyl (C=O) groups excluding carboxylic acids is 1. The number of carbonyl (C=O) groups is 1. The van der Waals surface area contributed by atoms with Crippen molar-refractivity contribution in [2.75, 3.05) is 17.3 Å². The predicted molar refractivity (Wildman–Crippen MR) is 125 cm³/mol. The summed E-state index contributed by atoms with van der Waals surface area (Å²) in [5.41, 5.74) is 2.86. The fraction of sp³-hybridized carbons (Fsp3) is 0.333. The normalized spacial score (nSPS) is 14.7. The molecule has 0 N–H and O–H groups in total. The molecule has 7 nitrogen and oxygen atoms in total. The van der Waals surface area contributed by atoms with Crippen molar-refractivity contribution in [1.82, 2.24) is 15.2 Å². The number of para-hydroxylation sites is 1. The van der Waals surface area contributed by atoms with Crippen molar-refractivity contribution in [3.8, 4) is 22.9 Å². The lowest BCUT2D eigenvalue weighted by molar-refractivity contribution is -0.120. The largest absolute Gasteiger partial charge is 0.494 e. The second-order valence-corrected chi connectivity index (χ2v) is 8.42. The third-order valence-corrected chi connectivity index (χ3v) is 5.71. The van der Waals surface area contributed by atoms with Crippen LogP contribution in [0.2, 0.25) is 0 Å². The van der Waals surface area contributed by atoms with Crippen LogP contribution < -0.4 is 14.4 Å². The van der Waals surface area contributed by atoms with E-state index in [-0.39, 0.29) is 5.91 Å². The maximum absolute atomic E-state index is 13.3. The van der Waals surface area contributed by atoms with Gasteiger partial charge in [-0.05, 0) is 49.4 Å². The summed E-state index contributed by atoms with van der Waals surface area (Å²) < 4.78 is 12.0. The highest BCUT2D eigenvalue weighted by Crippen LogP contribution is 2.43. The Bertz CT molecular complexity index is 1090. The highest BCUT2D eigenvalue weighted by molar-refractivity contribution is 7.99. The minimum atomic E-state index is -0.691. The Morgan fingerprint density at radius 1 is 1.09 bits per heavy atom. The van der Waals surface area contributed by atoms with Crippen molar-refractivity contribution in [3.63, 3.8) is 0 Å². The van der Waals surface area contributed by atoms with Crippen LogP contribution in [0.5, 0.6) is 11.6 Å². The van der Waals surface area contributed by atoms with Crippen LogP contribution in [-0.2, 0) is 4.79 Å². The van der Waals surface area contributed by atoms with Gasteiger partial charge in [0.15, 0.2) is 5.69 Å². The van der Waals surface area contributed by atoms with Gasteiger partial charge in [0.05, 0.1) is 12.3 Å². The molecule has 0 bridgehead atoms. The van der Waals surface area contributed by atoms with E-state index in [1.807, 2.05) is 69.3 Å². The number of hydrogen-bond acceptors (Lipinski definition) is 7. The number of nitrogens with zero attached hydrogens (tertiary/aromatic N) is 4. The zero-order chi connectivity index (χ0) is 22.5. The molecule has 2 heterocycles. The molecule has 0 saturated carbocycles. The van der Waals surface area contributed by atoms with Gasteiger partial charge in [0.1, 0.15) is 5.75 Å². The lowest BCUT2D eigenvalue weighted by Gasteiger charge is -2.31. The molecule has 0 spiro atoms. The molecule has 0 unspecified atom stereocenters. The number of anilines is 1. The zero-order valence-corrected chi connectivity index (χ0v) is 19.3. The Hall–Kier alpha value is -3.13. The van der Waals surface area contributed by atoms with Crippen molar-refractivity contribution < 1.29 is 14.3 Å². The molecule has 166 valence electrons. The number of amides is 1. The molecular weight excluding hydrogens is 424 g/mol. The van der Waals surface area contributed by atoms with Gasteiger partial charge in [-0.1, -0.05) is 43.8 Å². The van der Waals surface area contributed by atoms with E-state index < -0.39 is 6.23 Å². The minimum Gasteiger partial charge on any atom is -0.494 e. The summed E-state index contributed by atoms with van der Waals surface area (Å²) >= 11 is 1.49. The SMILES string of the molecule is CCCC(=O)N1c2ccccc2-c2nnc(SCC)nc2O[C@@H]1c1ccc(OCC)cc1. The van der Waals surface area contributed by atoms with E-state index in [0.29, 0.717) is 29.8 Å². The Balaban J connectivity index is 1.88. The molecule has 2 aromatic carbocycles. The number of hydrogen-bond donors (Lipinski definition) is 0. The van der Waals surface area contributed by atoms with E-state index in [1.54, 1.807) is 4.90 Å². The van der Waals surface area contributed by atoms with E-state index in [2.05, 4.69) is 15.2 Å². The summed E-state index contributed by atoms with van der Waals surface area (Å²) in [6.07, 6.45) is 0.441. The van der Waals surface area contributed by atoms with Gasteiger partial charge >= 0.3 is 0 Å². The maximum atomic E-state index is 13.3. The number of rotatable bonds is 7. The van der Waals surface area contributed by atoms with Crippen LogP contribution in [0.4, 0.5) is 5.69 Å². The first-order valence-electron chi connectivity index (χ1n) is 10.8. The average molecular weight is 451 g/mol. The molecular formula is C24H26N4O3S. The van der Waals surface area contributed by atoms with Gasteiger partial charge < -0.3 is 9.47 Å². The third kappa shape index (κ3) is 4.41. The Morgan fingerprint density at radius 3 is 2.59 bits per heavy atom. The molecule has 0 aliphatic carbocycles. The molecule has 4 rings (SSSR count). The molecule has 1 amide bonds. The highest BCUT2D eigenvalue weighted by Gasteiger charge is 2.35. The molecule has 1 aromatic heterocycles. The van der Waals surface area contributed by atoms with Gasteiger partial charge in [-0.15, -0.1) is 10.2 Å². The zero-order valence-electron chi connectivity index (χ0n) is 18.4. The van der Waals surface area contributed by atoms with Crippen molar-refractivity contribution >= 4 is 23.4 Å². The van der Waals surface area contributed by atoms with Gasteiger partial charge in [-0.2, -0.15) is 4.98 Å². The monoisotopic (exact) mass is 450 g/mol. The highest BCUT2D eigenvalue weighted by atomic mass is 32.2. The molecule has 0 radical (unpaired) electrons. The first kappa shape index (κ1) is 22.1. The van der Waals surface area contributed by atoms with Crippen molar-refractivity contribution in [2.24, 2.45) is 0 Å². The van der Waals surface area contributed by atoms with Gasteiger partial charge in [-0.25, -0.2) is 0 Å². The standard InChI is InChI=1S/C24H26N4O3S/c1-4-9-20(29)28-19-11-8-7-10-18(19)21-22(25-24(27-26-21)32-6-3)31-23(28)16-12-14-17(15-13-16)30-5-2/h7-8,10-15,23H,4-6,9H2,1-3H3/t23-/m1/s1. The van der Waals surface area contributed by atoms with Crippen LogP contribution >= 0.6 is 11.8 Å². The molecule has 1 atom stereocenters. The van der Waals surface area contributed by atoms with Crippen molar-refractivity contribution in [2.45, 2.75) is 45.0 Å². The first-order chi connectivity index (χ1) is 15.7. The number of aromatic nitrogens is 3. The maximum Gasteiger partial charge on any atom is 0.247 e. The second kappa shape index (κ2) is 9.99. The second-order valence-electron chi connectivity index (χ2n) is 7.18. The van der Waals surface area contributed by atoms with E-state index in [1.165, 1.54) is 11.8 Å². The summed E-state index contributed by atoms with van der Waals surface area (Å²) in [6.45, 7) is 6.55. The number of fused-ring (bicyclic) bond motifs is 3. The van der Waals surface area contributed by atoms with Crippen molar-refractivity contribution in [1.29, 1.82) is 0 Å². The van der Waals surface area contributed by atoms with Gasteiger partial charge in [0.25, 0.3) is 0 Å². The molecule has 1 aliphatic heterocycles. The molecule has 0 fully saturated rings. The van der Waals surface area contributed by atoms with Crippen LogP contribution in [0.25, 0.3) is 11.3 Å². The smallest absolute Gasteiger partial charge is 0.247 e. The van der Waals surface area contributed by atoms with Crippen molar-refractivity contribution in [3.05, 3.63) is 54.1 Å². The number of thioether (sulfide) groups is 1. The van der Waals surface area contributed by atoms with Gasteiger partial charge in [0, 0.05) is 17.5 Å². The lowest BCUT2D eigenvalue weighted by atomic mass is 10.1. The van der Waals surface area contributed by atoms with Crippen LogP contribution in [0.1, 0.15) is 45.4 Å². The number of ether oxygens (including phenoxy) is 2. The van der Waals surface area contributed by atoms with E-state index in [9.17, 15) is 4.79 Å². The Labute approximate surface area is 192 Å². The molecule has 1 aliphatic rings. The van der Waals surface area contributed by atoms with E-state index >= 15 is 0 Å². The van der Waals surface area contributed by atoms with Gasteiger partial charge in [-0.3, -0.25) is 9.69 Å². The van der Waals surface area contributed by atoms with Crippen LogP contribution in [-0.4, -0.2) is 33.4 Å². The van der Waals surface area contributed by atoms with E-state index in [4.69, 9.17) is 9.47 Å².